The molecule has 2 N–H and O–H groups in total. The van der Waals surface area contributed by atoms with Crippen molar-refractivity contribution in [2.45, 2.75) is 39.3 Å². The van der Waals surface area contributed by atoms with E-state index in [-0.39, 0.29) is 0 Å². The predicted molar refractivity (Wildman–Crippen MR) is 77.8 cm³/mol. The summed E-state index contributed by atoms with van der Waals surface area (Å²) in [6.45, 7) is 7.22. The van der Waals surface area contributed by atoms with E-state index in [1.165, 1.54) is 18.4 Å². The molecular formula is C15H23ClN2. The topological polar surface area (TPSA) is 29.3 Å². The fourth-order valence-electron chi connectivity index (χ4n) is 2.88. The van der Waals surface area contributed by atoms with E-state index in [4.69, 9.17) is 17.3 Å². The lowest BCUT2D eigenvalue weighted by Gasteiger charge is -2.39. The van der Waals surface area contributed by atoms with E-state index in [0.717, 1.165) is 30.2 Å². The van der Waals surface area contributed by atoms with E-state index in [9.17, 15) is 0 Å². The number of likely N-dealkylation sites (tertiary alicyclic amines) is 1. The minimum Gasteiger partial charge on any atom is -0.329 e. The molecule has 3 heteroatoms. The first-order valence-electron chi connectivity index (χ1n) is 6.81. The Morgan fingerprint density at radius 2 is 2.22 bits per heavy atom. The van der Waals surface area contributed by atoms with Crippen LogP contribution in [0.2, 0.25) is 5.02 Å². The number of piperidine rings is 1. The molecule has 1 heterocycles. The molecule has 1 saturated heterocycles. The smallest absolute Gasteiger partial charge is 0.0438 e. The fourth-order valence-corrected chi connectivity index (χ4v) is 3.08. The highest BCUT2D eigenvalue weighted by Gasteiger charge is 2.27. The van der Waals surface area contributed by atoms with Crippen molar-refractivity contribution in [2.75, 3.05) is 13.1 Å². The Balaban J connectivity index is 2.09. The first kappa shape index (κ1) is 13.9. The number of benzene rings is 1. The third kappa shape index (κ3) is 3.05. The molecule has 1 aromatic rings. The molecule has 1 aliphatic heterocycles. The normalized spacial score (nSPS) is 25.3. The first-order chi connectivity index (χ1) is 8.61. The second kappa shape index (κ2) is 6.05. The molecule has 0 saturated carbocycles. The number of aryl methyl sites for hydroxylation is 1. The zero-order chi connectivity index (χ0) is 13.1. The van der Waals surface area contributed by atoms with Crippen molar-refractivity contribution >= 4 is 11.6 Å². The molecule has 0 spiro atoms. The number of nitrogens with zero attached hydrogens (tertiary/aromatic N) is 1. The van der Waals surface area contributed by atoms with Crippen LogP contribution in [0.25, 0.3) is 0 Å². The molecule has 2 atom stereocenters. The van der Waals surface area contributed by atoms with Gasteiger partial charge in [-0.1, -0.05) is 30.7 Å². The van der Waals surface area contributed by atoms with Crippen molar-refractivity contribution < 1.29 is 0 Å². The molecular weight excluding hydrogens is 244 g/mol. The second-order valence-electron chi connectivity index (χ2n) is 5.48. The van der Waals surface area contributed by atoms with E-state index in [2.05, 4.69) is 30.0 Å². The molecule has 1 aromatic carbocycles. The van der Waals surface area contributed by atoms with Gasteiger partial charge >= 0.3 is 0 Å². The maximum Gasteiger partial charge on any atom is 0.0438 e. The maximum atomic E-state index is 6.19. The van der Waals surface area contributed by atoms with Crippen LogP contribution in [0.3, 0.4) is 0 Å². The van der Waals surface area contributed by atoms with Crippen LogP contribution in [-0.2, 0) is 6.54 Å². The first-order valence-corrected chi connectivity index (χ1v) is 7.18. The van der Waals surface area contributed by atoms with Gasteiger partial charge in [-0.15, -0.1) is 0 Å². The zero-order valence-corrected chi connectivity index (χ0v) is 12.1. The van der Waals surface area contributed by atoms with Gasteiger partial charge in [0.1, 0.15) is 0 Å². The molecule has 0 bridgehead atoms. The molecule has 0 aliphatic carbocycles. The molecule has 0 radical (unpaired) electrons. The van der Waals surface area contributed by atoms with Crippen molar-refractivity contribution in [3.05, 3.63) is 34.3 Å². The highest BCUT2D eigenvalue weighted by molar-refractivity contribution is 6.31. The number of halogens is 1. The summed E-state index contributed by atoms with van der Waals surface area (Å²) in [7, 11) is 0. The van der Waals surface area contributed by atoms with Crippen LogP contribution in [0.1, 0.15) is 30.9 Å². The Hall–Kier alpha value is -0.570. The van der Waals surface area contributed by atoms with E-state index in [1.807, 2.05) is 6.92 Å². The van der Waals surface area contributed by atoms with Crippen LogP contribution in [0.4, 0.5) is 0 Å². The highest BCUT2D eigenvalue weighted by atomic mass is 35.5. The summed E-state index contributed by atoms with van der Waals surface area (Å²) < 4.78 is 0. The van der Waals surface area contributed by atoms with Gasteiger partial charge in [-0.05, 0) is 49.4 Å². The van der Waals surface area contributed by atoms with Gasteiger partial charge in [0.15, 0.2) is 0 Å². The van der Waals surface area contributed by atoms with Gasteiger partial charge in [0.25, 0.3) is 0 Å². The monoisotopic (exact) mass is 266 g/mol. The minimum absolute atomic E-state index is 0.513. The minimum atomic E-state index is 0.513. The molecule has 18 heavy (non-hydrogen) atoms. The van der Waals surface area contributed by atoms with Gasteiger partial charge in [0.05, 0.1) is 0 Å². The van der Waals surface area contributed by atoms with Gasteiger partial charge in [-0.2, -0.15) is 0 Å². The number of hydrogen-bond donors (Lipinski definition) is 1. The number of nitrogens with two attached hydrogens (primary N) is 1. The average molecular weight is 267 g/mol. The van der Waals surface area contributed by atoms with Crippen LogP contribution in [0.5, 0.6) is 0 Å². The molecule has 100 valence electrons. The molecule has 2 rings (SSSR count). The quantitative estimate of drug-likeness (QED) is 0.910. The van der Waals surface area contributed by atoms with Crippen LogP contribution in [-0.4, -0.2) is 24.0 Å². The number of hydrogen-bond acceptors (Lipinski definition) is 2. The Morgan fingerprint density at radius 3 is 2.89 bits per heavy atom. The summed E-state index contributed by atoms with van der Waals surface area (Å²) in [5.74, 6) is 0.699. The predicted octanol–water partition coefficient (Wildman–Crippen LogP) is 3.21. The lowest BCUT2D eigenvalue weighted by atomic mass is 9.90. The summed E-state index contributed by atoms with van der Waals surface area (Å²) in [4.78, 5) is 2.51. The zero-order valence-electron chi connectivity index (χ0n) is 11.3. The van der Waals surface area contributed by atoms with Crippen molar-refractivity contribution in [1.82, 2.24) is 4.90 Å². The maximum absolute atomic E-state index is 6.19. The lowest BCUT2D eigenvalue weighted by molar-refractivity contribution is 0.0991. The standard InChI is InChI=1S/C15H23ClN2/c1-11-5-6-13(8-14(11)16)10-18-7-3-4-12(2)15(18)9-17/h5-6,8,12,15H,3-4,7,9-10,17H2,1-2H3. The van der Waals surface area contributed by atoms with Gasteiger partial charge in [-0.3, -0.25) is 4.90 Å². The van der Waals surface area contributed by atoms with Crippen molar-refractivity contribution in [2.24, 2.45) is 11.7 Å². The Labute approximate surface area is 115 Å². The largest absolute Gasteiger partial charge is 0.329 e. The van der Waals surface area contributed by atoms with Gasteiger partial charge < -0.3 is 5.73 Å². The van der Waals surface area contributed by atoms with Crippen molar-refractivity contribution in [3.8, 4) is 0 Å². The summed E-state index contributed by atoms with van der Waals surface area (Å²) in [5, 5.41) is 0.863. The van der Waals surface area contributed by atoms with Crippen molar-refractivity contribution in [1.29, 1.82) is 0 Å². The Kier molecular flexibility index (Phi) is 4.66. The Bertz CT molecular complexity index is 405. The molecule has 2 unspecified atom stereocenters. The third-order valence-electron chi connectivity index (χ3n) is 4.09. The van der Waals surface area contributed by atoms with Gasteiger partial charge in [0.2, 0.25) is 0 Å². The SMILES string of the molecule is Cc1ccc(CN2CCCC(C)C2CN)cc1Cl. The molecule has 2 nitrogen and oxygen atoms in total. The molecule has 1 aliphatic rings. The molecule has 1 fully saturated rings. The van der Waals surface area contributed by atoms with E-state index in [0.29, 0.717) is 12.0 Å². The summed E-state index contributed by atoms with van der Waals surface area (Å²) in [6, 6.07) is 6.87. The van der Waals surface area contributed by atoms with Crippen LogP contribution in [0, 0.1) is 12.8 Å². The second-order valence-corrected chi connectivity index (χ2v) is 5.88. The van der Waals surface area contributed by atoms with E-state index < -0.39 is 0 Å². The van der Waals surface area contributed by atoms with Crippen LogP contribution in [0.15, 0.2) is 18.2 Å². The van der Waals surface area contributed by atoms with Gasteiger partial charge in [-0.25, -0.2) is 0 Å². The van der Waals surface area contributed by atoms with E-state index in [1.54, 1.807) is 0 Å². The summed E-state index contributed by atoms with van der Waals surface area (Å²) >= 11 is 6.19. The van der Waals surface area contributed by atoms with Crippen LogP contribution >= 0.6 is 11.6 Å². The summed E-state index contributed by atoms with van der Waals surface area (Å²) in [5.41, 5.74) is 8.36. The average Bonchev–Trinajstić information content (AvgIpc) is 2.34. The fraction of sp³-hybridized carbons (Fsp3) is 0.600. The number of rotatable bonds is 3. The highest BCUT2D eigenvalue weighted by Crippen LogP contribution is 2.25. The summed E-state index contributed by atoms with van der Waals surface area (Å²) in [6.07, 6.45) is 2.57. The molecule has 0 amide bonds. The third-order valence-corrected chi connectivity index (χ3v) is 4.50. The lowest BCUT2D eigenvalue weighted by Crippen LogP contribution is -2.47. The van der Waals surface area contributed by atoms with Gasteiger partial charge in [0, 0.05) is 24.2 Å². The van der Waals surface area contributed by atoms with E-state index >= 15 is 0 Å². The van der Waals surface area contributed by atoms with Crippen molar-refractivity contribution in [3.63, 3.8) is 0 Å². The van der Waals surface area contributed by atoms with Crippen LogP contribution < -0.4 is 5.73 Å². The Morgan fingerprint density at radius 1 is 1.44 bits per heavy atom. The molecule has 0 aromatic heterocycles.